The second-order valence-corrected chi connectivity index (χ2v) is 10.0. The van der Waals surface area contributed by atoms with Crippen molar-refractivity contribution < 1.29 is 33.8 Å². The van der Waals surface area contributed by atoms with Crippen LogP contribution in [0.4, 0.5) is 30.9 Å². The molecule has 0 bridgehead atoms. The first-order chi connectivity index (χ1) is 15.1. The summed E-state index contributed by atoms with van der Waals surface area (Å²) in [7, 11) is -9.81. The number of hydrogen-bond donors (Lipinski definition) is 4. The Morgan fingerprint density at radius 1 is 1.06 bits per heavy atom. The number of hydrogen-bond acceptors (Lipinski definition) is 5. The van der Waals surface area contributed by atoms with Crippen molar-refractivity contribution in [2.45, 2.75) is 24.7 Å². The second kappa shape index (κ2) is 7.57. The van der Waals surface area contributed by atoms with E-state index in [2.05, 4.69) is 26.5 Å². The first-order valence-electron chi connectivity index (χ1n) is 9.55. The number of amides is 3. The number of rotatable bonds is 5. The van der Waals surface area contributed by atoms with E-state index in [0.29, 0.717) is 13.0 Å². The number of nitrogens with zero attached hydrogens (tertiary/aromatic N) is 1. The quantitative estimate of drug-likeness (QED) is 0.284. The number of nitrogens with one attached hydrogen (secondary N) is 4. The fourth-order valence-corrected chi connectivity index (χ4v) is 3.76. The summed E-state index contributed by atoms with van der Waals surface area (Å²) in [4.78, 5) is 38.9. The number of aromatic nitrogens is 1. The van der Waals surface area contributed by atoms with Crippen LogP contribution in [0.1, 0.15) is 30.1 Å². The van der Waals surface area contributed by atoms with Gasteiger partial charge in [-0.3, -0.25) is 25.2 Å². The highest BCUT2D eigenvalue weighted by Crippen LogP contribution is 3.02. The molecule has 33 heavy (non-hydrogen) atoms. The zero-order valence-electron chi connectivity index (χ0n) is 17.1. The number of benzene rings is 1. The minimum atomic E-state index is -9.81. The van der Waals surface area contributed by atoms with E-state index in [-0.39, 0.29) is 35.6 Å². The molecule has 1 unspecified atom stereocenters. The fraction of sp³-hybridized carbons (Fsp3) is 0.263. The lowest BCUT2D eigenvalue weighted by Gasteiger charge is -2.40. The van der Waals surface area contributed by atoms with Crippen LogP contribution in [0.25, 0.3) is 0 Å². The van der Waals surface area contributed by atoms with Gasteiger partial charge in [-0.15, -0.1) is 0 Å². The highest BCUT2D eigenvalue weighted by atomic mass is 32.5. The maximum absolute atomic E-state index is 12.9. The van der Waals surface area contributed by atoms with Gasteiger partial charge in [0.15, 0.2) is 0 Å². The number of hydrazine groups is 1. The van der Waals surface area contributed by atoms with E-state index in [1.54, 1.807) is 0 Å². The van der Waals surface area contributed by atoms with Gasteiger partial charge in [-0.05, 0) is 56.2 Å². The molecule has 1 atom stereocenters. The van der Waals surface area contributed by atoms with Crippen molar-refractivity contribution in [2.75, 3.05) is 11.9 Å². The van der Waals surface area contributed by atoms with E-state index >= 15 is 0 Å². The molecular formula is C19H20F5N5O3S. The molecular weight excluding hydrogens is 473 g/mol. The first kappa shape index (κ1) is 24.2. The van der Waals surface area contributed by atoms with Crippen molar-refractivity contribution in [3.63, 3.8) is 0 Å². The Labute approximate surface area is 185 Å². The largest absolute Gasteiger partial charge is 0.355 e. The van der Waals surface area contributed by atoms with E-state index in [9.17, 15) is 33.8 Å². The van der Waals surface area contributed by atoms with Crippen molar-refractivity contribution in [1.29, 1.82) is 0 Å². The molecule has 180 valence electrons. The number of anilines is 2. The smallest absolute Gasteiger partial charge is 0.310 e. The summed E-state index contributed by atoms with van der Waals surface area (Å²) in [5, 5.41) is 5.15. The predicted molar refractivity (Wildman–Crippen MR) is 111 cm³/mol. The molecule has 8 nitrogen and oxygen atoms in total. The third-order valence-corrected chi connectivity index (χ3v) is 6.21. The number of piperidine rings is 1. The van der Waals surface area contributed by atoms with Crippen LogP contribution in [0.2, 0.25) is 0 Å². The molecule has 1 aromatic heterocycles. The zero-order valence-corrected chi connectivity index (χ0v) is 17.9. The zero-order chi connectivity index (χ0) is 24.6. The van der Waals surface area contributed by atoms with Crippen molar-refractivity contribution in [1.82, 2.24) is 21.2 Å². The fourth-order valence-electron chi connectivity index (χ4n) is 3.11. The van der Waals surface area contributed by atoms with Crippen LogP contribution in [0.3, 0.4) is 0 Å². The Balaban J connectivity index is 1.72. The van der Waals surface area contributed by atoms with Crippen LogP contribution >= 0.6 is 10.2 Å². The predicted octanol–water partition coefficient (Wildman–Crippen LogP) is 4.16. The lowest BCUT2D eigenvalue weighted by molar-refractivity contribution is -0.145. The number of carbonyl (C=O) groups excluding carboxylic acids is 3. The normalized spacial score (nSPS) is 20.6. The van der Waals surface area contributed by atoms with Gasteiger partial charge < -0.3 is 10.6 Å². The van der Waals surface area contributed by atoms with Gasteiger partial charge in [-0.1, -0.05) is 19.4 Å². The molecule has 14 heteroatoms. The number of halogens is 5. The molecule has 4 N–H and O–H groups in total. The monoisotopic (exact) mass is 493 g/mol. The van der Waals surface area contributed by atoms with E-state index < -0.39 is 38.3 Å². The van der Waals surface area contributed by atoms with Crippen LogP contribution in [0.5, 0.6) is 0 Å². The minimum absolute atomic E-state index is 0.0382. The molecule has 1 saturated heterocycles. The van der Waals surface area contributed by atoms with Crippen LogP contribution < -0.4 is 21.5 Å². The number of pyridine rings is 1. The maximum atomic E-state index is 12.9. The minimum Gasteiger partial charge on any atom is -0.355 e. The Morgan fingerprint density at radius 3 is 2.33 bits per heavy atom. The van der Waals surface area contributed by atoms with Gasteiger partial charge in [-0.25, -0.2) is 4.98 Å². The lowest BCUT2D eigenvalue weighted by atomic mass is 9.81. The summed E-state index contributed by atoms with van der Waals surface area (Å²) in [6, 6.07) is 4.71. The van der Waals surface area contributed by atoms with Crippen LogP contribution in [0, 0.1) is 5.41 Å². The summed E-state index contributed by atoms with van der Waals surface area (Å²) in [6.07, 6.45) is 2.16. The van der Waals surface area contributed by atoms with Gasteiger partial charge in [0.2, 0.25) is 5.91 Å². The molecule has 1 fully saturated rings. The lowest BCUT2D eigenvalue weighted by Crippen LogP contribution is -2.56. The van der Waals surface area contributed by atoms with Crippen LogP contribution in [-0.4, -0.2) is 29.3 Å². The van der Waals surface area contributed by atoms with Crippen molar-refractivity contribution in [3.05, 3.63) is 48.2 Å². The maximum Gasteiger partial charge on any atom is 0.310 e. The third kappa shape index (κ3) is 5.50. The molecule has 1 aliphatic rings. The molecule has 1 aliphatic heterocycles. The molecule has 2 aromatic rings. The van der Waals surface area contributed by atoms with E-state index in [4.69, 9.17) is 0 Å². The second-order valence-electron chi connectivity index (χ2n) is 7.62. The van der Waals surface area contributed by atoms with Gasteiger partial charge in [-0.2, -0.15) is 0 Å². The van der Waals surface area contributed by atoms with Crippen molar-refractivity contribution in [2.24, 2.45) is 5.41 Å². The Kier molecular flexibility index (Phi) is 5.56. The van der Waals surface area contributed by atoms with E-state index in [1.807, 2.05) is 0 Å². The highest BCUT2D eigenvalue weighted by Gasteiger charge is 2.65. The summed E-state index contributed by atoms with van der Waals surface area (Å²) in [5.74, 6) is -2.13. The van der Waals surface area contributed by atoms with Crippen molar-refractivity contribution >= 4 is 39.5 Å². The van der Waals surface area contributed by atoms with E-state index in [1.165, 1.54) is 25.3 Å². The number of carbonyl (C=O) groups is 3. The Hall–Kier alpha value is -3.42. The average molecular weight is 493 g/mol. The molecule has 3 rings (SSSR count). The molecule has 0 saturated carbocycles. The van der Waals surface area contributed by atoms with Crippen molar-refractivity contribution in [3.8, 4) is 0 Å². The van der Waals surface area contributed by atoms with Gasteiger partial charge in [0.1, 0.15) is 16.1 Å². The van der Waals surface area contributed by atoms with Gasteiger partial charge >= 0.3 is 10.2 Å². The molecule has 0 radical (unpaired) electrons. The first-order valence-corrected chi connectivity index (χ1v) is 11.5. The molecule has 2 heterocycles. The Bertz CT molecular complexity index is 1110. The summed E-state index contributed by atoms with van der Waals surface area (Å²) < 4.78 is 64.3. The van der Waals surface area contributed by atoms with Gasteiger partial charge in [0.05, 0.1) is 5.56 Å². The summed E-state index contributed by atoms with van der Waals surface area (Å²) in [5.41, 5.74) is 2.84. The van der Waals surface area contributed by atoms with E-state index in [0.717, 1.165) is 12.1 Å². The topological polar surface area (TPSA) is 112 Å². The SMILES string of the molecule is CC1(C(=O)NNC(=O)c2cccnc2Nc2ccc(S(F)(F)(F)(F)F)cc2)CCCNC1=O. The summed E-state index contributed by atoms with van der Waals surface area (Å²) in [6.45, 7) is 1.89. The molecule has 3 amide bonds. The Morgan fingerprint density at radius 2 is 1.73 bits per heavy atom. The molecule has 0 spiro atoms. The average Bonchev–Trinajstić information content (AvgIpc) is 2.73. The molecule has 0 aliphatic carbocycles. The van der Waals surface area contributed by atoms with Gasteiger partial charge in [0.25, 0.3) is 11.8 Å². The third-order valence-electron chi connectivity index (χ3n) is 5.05. The van der Waals surface area contributed by atoms with Gasteiger partial charge in [0, 0.05) is 18.4 Å². The highest BCUT2D eigenvalue weighted by molar-refractivity contribution is 8.45. The van der Waals surface area contributed by atoms with Crippen LogP contribution in [0.15, 0.2) is 47.5 Å². The molecule has 1 aromatic carbocycles. The standard InChI is InChI=1S/C19H20F5N5O3S/c1-19(9-3-11-26-17(19)31)18(32)29-28-16(30)14-4-2-10-25-15(14)27-12-5-7-13(8-6-12)33(20,21,22,23)24/h2,4-8,10H,3,9,11H2,1H3,(H,25,27)(H,26,31)(H,28,30)(H,29,32). The summed E-state index contributed by atoms with van der Waals surface area (Å²) >= 11 is 0. The van der Waals surface area contributed by atoms with Crippen LogP contribution in [-0.2, 0) is 9.59 Å².